The number of benzene rings is 1. The molecular weight excluding hydrogens is 408 g/mol. The summed E-state index contributed by atoms with van der Waals surface area (Å²) in [5.74, 6) is 0. The zero-order chi connectivity index (χ0) is 21.3. The van der Waals surface area contributed by atoms with E-state index in [0.717, 1.165) is 39.0 Å². The van der Waals surface area contributed by atoms with E-state index in [1.807, 2.05) is 22.7 Å². The Morgan fingerprint density at radius 2 is 1.07 bits per heavy atom. The fourth-order valence-corrected chi connectivity index (χ4v) is 5.81. The first-order chi connectivity index (χ1) is 14.6. The van der Waals surface area contributed by atoms with Gasteiger partial charge in [-0.1, -0.05) is 24.3 Å². The monoisotopic (exact) mass is 442 g/mol. The minimum absolute atomic E-state index is 0.685. The predicted octanol–water partition coefficient (Wildman–Crippen LogP) is 3.94. The summed E-state index contributed by atoms with van der Waals surface area (Å²) in [5.41, 5.74) is 16.6. The van der Waals surface area contributed by atoms with E-state index < -0.39 is 0 Å². The molecule has 2 aromatic heterocycles. The number of hydrogen-bond donors (Lipinski definition) is 4. The van der Waals surface area contributed by atoms with Gasteiger partial charge in [-0.3, -0.25) is 0 Å². The molecule has 2 heterocycles. The maximum atomic E-state index is 5.58. The minimum atomic E-state index is 0.685. The first-order valence-corrected chi connectivity index (χ1v) is 12.4. The molecule has 30 heavy (non-hydrogen) atoms. The zero-order valence-corrected chi connectivity index (χ0v) is 19.7. The molecule has 0 aliphatic heterocycles. The molecule has 1 aromatic carbocycles. The molecule has 6 N–H and O–H groups in total. The maximum absolute atomic E-state index is 5.58. The van der Waals surface area contributed by atoms with Crippen LogP contribution in [0.5, 0.6) is 0 Å². The van der Waals surface area contributed by atoms with Gasteiger partial charge in [-0.2, -0.15) is 0 Å². The molecule has 0 spiro atoms. The number of thiophene rings is 2. The molecule has 3 rings (SSSR count). The van der Waals surface area contributed by atoms with Crippen LogP contribution in [-0.4, -0.2) is 39.3 Å². The molecule has 0 saturated heterocycles. The highest BCUT2D eigenvalue weighted by Crippen LogP contribution is 2.37. The molecule has 0 saturated carbocycles. The van der Waals surface area contributed by atoms with Gasteiger partial charge in [0.05, 0.1) is 0 Å². The molecule has 0 aliphatic rings. The van der Waals surface area contributed by atoms with E-state index >= 15 is 0 Å². The van der Waals surface area contributed by atoms with Crippen LogP contribution in [0.15, 0.2) is 36.4 Å². The second-order valence-electron chi connectivity index (χ2n) is 7.58. The Morgan fingerprint density at radius 3 is 1.43 bits per heavy atom. The van der Waals surface area contributed by atoms with Gasteiger partial charge in [0, 0.05) is 45.7 Å². The molecule has 0 bridgehead atoms. The third-order valence-electron chi connectivity index (χ3n) is 5.06. The van der Waals surface area contributed by atoms with Gasteiger partial charge in [-0.15, -0.1) is 22.7 Å². The highest BCUT2D eigenvalue weighted by molar-refractivity contribution is 7.16. The molecule has 0 atom stereocenters. The van der Waals surface area contributed by atoms with Crippen molar-refractivity contribution in [2.75, 3.05) is 39.3 Å². The Balaban J connectivity index is 1.75. The van der Waals surface area contributed by atoms with Crippen LogP contribution >= 0.6 is 22.7 Å². The van der Waals surface area contributed by atoms with Crippen molar-refractivity contribution in [3.63, 3.8) is 0 Å². The smallest absolute Gasteiger partial charge is 0.0378 e. The Bertz CT molecular complexity index is 837. The lowest BCUT2D eigenvalue weighted by Gasteiger charge is -2.08. The number of nitrogens with two attached hydrogens (primary N) is 2. The van der Waals surface area contributed by atoms with Crippen LogP contribution < -0.4 is 22.1 Å². The van der Waals surface area contributed by atoms with Crippen molar-refractivity contribution in [3.05, 3.63) is 57.3 Å². The van der Waals surface area contributed by atoms with Gasteiger partial charge >= 0.3 is 0 Å². The van der Waals surface area contributed by atoms with E-state index in [0.29, 0.717) is 13.1 Å². The molecule has 162 valence electrons. The fraction of sp³-hybridized carbons (Fsp3) is 0.417. The summed E-state index contributed by atoms with van der Waals surface area (Å²) in [5, 5.41) is 6.81. The lowest BCUT2D eigenvalue weighted by atomic mass is 10.0. The van der Waals surface area contributed by atoms with Crippen molar-refractivity contribution >= 4 is 22.7 Å². The summed E-state index contributed by atoms with van der Waals surface area (Å²) in [6.07, 6.45) is 2.07. The van der Waals surface area contributed by atoms with E-state index in [-0.39, 0.29) is 0 Å². The molecular formula is C24H34N4S2. The maximum Gasteiger partial charge on any atom is 0.0378 e. The zero-order valence-electron chi connectivity index (χ0n) is 18.1. The van der Waals surface area contributed by atoms with Crippen molar-refractivity contribution in [3.8, 4) is 20.9 Å². The molecule has 0 amide bonds. The molecule has 4 nitrogen and oxygen atoms in total. The van der Waals surface area contributed by atoms with Crippen LogP contribution in [0.4, 0.5) is 0 Å². The van der Waals surface area contributed by atoms with E-state index in [1.165, 1.54) is 41.8 Å². The van der Waals surface area contributed by atoms with Crippen LogP contribution in [0.25, 0.3) is 20.9 Å². The Kier molecular flexibility index (Phi) is 9.05. The van der Waals surface area contributed by atoms with Gasteiger partial charge in [-0.25, -0.2) is 0 Å². The minimum Gasteiger partial charge on any atom is -0.329 e. The second kappa shape index (κ2) is 11.7. The van der Waals surface area contributed by atoms with Crippen molar-refractivity contribution < 1.29 is 0 Å². The molecule has 6 heteroatoms. The number of hydrogen-bond acceptors (Lipinski definition) is 6. The normalized spacial score (nSPS) is 11.3. The molecule has 0 aliphatic carbocycles. The summed E-state index contributed by atoms with van der Waals surface area (Å²) in [6.45, 7) is 9.43. The van der Waals surface area contributed by atoms with Crippen molar-refractivity contribution in [2.45, 2.75) is 26.7 Å². The van der Waals surface area contributed by atoms with E-state index in [4.69, 9.17) is 11.5 Å². The summed E-state index contributed by atoms with van der Waals surface area (Å²) >= 11 is 3.78. The fourth-order valence-electron chi connectivity index (χ4n) is 3.67. The molecule has 3 aromatic rings. The Hall–Kier alpha value is -1.54. The van der Waals surface area contributed by atoms with Crippen molar-refractivity contribution in [1.29, 1.82) is 0 Å². The van der Waals surface area contributed by atoms with Gasteiger partial charge in [0.25, 0.3) is 0 Å². The van der Waals surface area contributed by atoms with E-state index in [1.54, 1.807) is 0 Å². The largest absolute Gasteiger partial charge is 0.329 e. The number of rotatable bonds is 12. The Morgan fingerprint density at radius 1 is 0.667 bits per heavy atom. The Labute approximate surface area is 188 Å². The molecule has 0 radical (unpaired) electrons. The lowest BCUT2D eigenvalue weighted by molar-refractivity contribution is 0.690. The van der Waals surface area contributed by atoms with Crippen molar-refractivity contribution in [2.24, 2.45) is 11.5 Å². The van der Waals surface area contributed by atoms with Gasteiger partial charge < -0.3 is 22.1 Å². The number of aryl methyl sites for hydroxylation is 2. The van der Waals surface area contributed by atoms with Crippen LogP contribution in [0.2, 0.25) is 0 Å². The SMILES string of the molecule is Cc1cc(CCNCCN)c(-c2ccc(-c3sc(C)cc3CCNCCN)cc2)s1. The highest BCUT2D eigenvalue weighted by atomic mass is 32.1. The third kappa shape index (κ3) is 6.23. The van der Waals surface area contributed by atoms with Crippen LogP contribution in [0, 0.1) is 13.8 Å². The highest BCUT2D eigenvalue weighted by Gasteiger charge is 2.12. The van der Waals surface area contributed by atoms with Crippen LogP contribution in [0.1, 0.15) is 20.9 Å². The number of nitrogens with one attached hydrogen (secondary N) is 2. The van der Waals surface area contributed by atoms with Crippen molar-refractivity contribution in [1.82, 2.24) is 10.6 Å². The van der Waals surface area contributed by atoms with E-state index in [2.05, 4.69) is 60.9 Å². The lowest BCUT2D eigenvalue weighted by Crippen LogP contribution is -2.24. The quantitative estimate of drug-likeness (QED) is 0.321. The average Bonchev–Trinajstić information content (AvgIpc) is 3.31. The first-order valence-electron chi connectivity index (χ1n) is 10.7. The average molecular weight is 443 g/mol. The third-order valence-corrected chi connectivity index (χ3v) is 7.34. The van der Waals surface area contributed by atoms with Gasteiger partial charge in [0.15, 0.2) is 0 Å². The topological polar surface area (TPSA) is 76.1 Å². The summed E-state index contributed by atoms with van der Waals surface area (Å²) in [4.78, 5) is 5.51. The standard InChI is InChI=1S/C24H34N4S2/c1-17-15-21(7-11-27-13-9-25)23(29-17)19-3-5-20(6-4-19)24-22(16-18(2)30-24)8-12-28-14-10-26/h3-6,15-16,27-28H,7-14,25-26H2,1-2H3. The van der Waals surface area contributed by atoms with Gasteiger partial charge in [0.1, 0.15) is 0 Å². The molecule has 0 fully saturated rings. The van der Waals surface area contributed by atoms with Gasteiger partial charge in [0.2, 0.25) is 0 Å². The summed E-state index contributed by atoms with van der Waals surface area (Å²) in [7, 11) is 0. The van der Waals surface area contributed by atoms with Gasteiger partial charge in [-0.05, 0) is 74.2 Å². The molecule has 0 unspecified atom stereocenters. The first kappa shape index (κ1) is 23.1. The predicted molar refractivity (Wildman–Crippen MR) is 134 cm³/mol. The summed E-state index contributed by atoms with van der Waals surface area (Å²) in [6, 6.07) is 13.8. The van der Waals surface area contributed by atoms with Crippen LogP contribution in [-0.2, 0) is 12.8 Å². The second-order valence-corrected chi connectivity index (χ2v) is 10.1. The summed E-state index contributed by atoms with van der Waals surface area (Å²) < 4.78 is 0. The van der Waals surface area contributed by atoms with Crippen LogP contribution in [0.3, 0.4) is 0 Å². The van der Waals surface area contributed by atoms with E-state index in [9.17, 15) is 0 Å².